The molecule has 5 nitrogen and oxygen atoms in total. The predicted molar refractivity (Wildman–Crippen MR) is 127 cm³/mol. The molecule has 6 heteroatoms. The van der Waals surface area contributed by atoms with Gasteiger partial charge in [0.15, 0.2) is 5.69 Å². The van der Waals surface area contributed by atoms with Gasteiger partial charge in [0.2, 0.25) is 0 Å². The molecule has 1 saturated heterocycles. The summed E-state index contributed by atoms with van der Waals surface area (Å²) in [7, 11) is 0. The molecule has 1 fully saturated rings. The molecule has 1 aliphatic carbocycles. The smallest absolute Gasteiger partial charge is 0.274 e. The first-order valence-corrected chi connectivity index (χ1v) is 12.2. The second kappa shape index (κ2) is 8.32. The number of fused-ring (bicyclic) bond motifs is 2. The van der Waals surface area contributed by atoms with E-state index < -0.39 is 0 Å². The Bertz CT molecular complexity index is 1180. The zero-order chi connectivity index (χ0) is 22.4. The van der Waals surface area contributed by atoms with Gasteiger partial charge in [0.1, 0.15) is 5.82 Å². The molecule has 0 atom stereocenters. The minimum atomic E-state index is -0.266. The molecule has 0 saturated carbocycles. The number of aryl methyl sites for hydroxylation is 1. The first-order valence-electron chi connectivity index (χ1n) is 12.2. The first-order chi connectivity index (χ1) is 16.2. The van der Waals surface area contributed by atoms with Gasteiger partial charge >= 0.3 is 0 Å². The van der Waals surface area contributed by atoms with E-state index in [1.807, 2.05) is 9.58 Å². The van der Waals surface area contributed by atoms with Crippen LogP contribution in [-0.2, 0) is 19.3 Å². The molecule has 3 aliphatic rings. The Morgan fingerprint density at radius 2 is 1.70 bits per heavy atom. The molecule has 3 aromatic rings. The van der Waals surface area contributed by atoms with E-state index in [0.717, 1.165) is 75.1 Å². The van der Waals surface area contributed by atoms with Gasteiger partial charge in [0, 0.05) is 42.6 Å². The van der Waals surface area contributed by atoms with Crippen LogP contribution in [0, 0.1) is 5.82 Å². The topological polar surface area (TPSA) is 41.4 Å². The fourth-order valence-corrected chi connectivity index (χ4v) is 5.88. The fourth-order valence-electron chi connectivity index (χ4n) is 5.88. The van der Waals surface area contributed by atoms with Crippen LogP contribution in [-0.4, -0.2) is 46.3 Å². The van der Waals surface area contributed by atoms with Crippen molar-refractivity contribution in [3.63, 3.8) is 0 Å². The highest BCUT2D eigenvalue weighted by Crippen LogP contribution is 2.33. The van der Waals surface area contributed by atoms with E-state index >= 15 is 0 Å². The molecule has 2 aliphatic heterocycles. The van der Waals surface area contributed by atoms with Gasteiger partial charge in [-0.3, -0.25) is 4.79 Å². The summed E-state index contributed by atoms with van der Waals surface area (Å²) in [4.78, 5) is 18.1. The lowest BCUT2D eigenvalue weighted by atomic mass is 9.95. The number of likely N-dealkylation sites (tertiary alicyclic amines) is 1. The van der Waals surface area contributed by atoms with Gasteiger partial charge in [0.25, 0.3) is 5.91 Å². The standard InChI is InChI=1S/C27H29FN4O/c28-20-10-12-22(13-11-20)32-25-9-3-7-23(25)26(29-32)27(33)30-17-14-21(15-18-30)31-16-4-6-19-5-1-2-8-24(19)31/h1-2,5,8,10-13,21H,3-4,6-7,9,14-18H2. The molecule has 0 bridgehead atoms. The van der Waals surface area contributed by atoms with Crippen LogP contribution in [0.2, 0.25) is 0 Å². The molecule has 170 valence electrons. The second-order valence-corrected chi connectivity index (χ2v) is 9.46. The van der Waals surface area contributed by atoms with Crippen molar-refractivity contribution >= 4 is 11.6 Å². The number of anilines is 1. The minimum absolute atomic E-state index is 0.0477. The maximum atomic E-state index is 13.5. The number of nitrogens with zero attached hydrogens (tertiary/aromatic N) is 4. The lowest BCUT2D eigenvalue weighted by molar-refractivity contribution is 0.0704. The third kappa shape index (κ3) is 3.62. The summed E-state index contributed by atoms with van der Waals surface area (Å²) in [5.74, 6) is -0.218. The Hall–Kier alpha value is -3.15. The highest BCUT2D eigenvalue weighted by Gasteiger charge is 2.33. The third-order valence-corrected chi connectivity index (χ3v) is 7.54. The van der Waals surface area contributed by atoms with Gasteiger partial charge in [-0.2, -0.15) is 5.10 Å². The van der Waals surface area contributed by atoms with Gasteiger partial charge in [-0.15, -0.1) is 0 Å². The van der Waals surface area contributed by atoms with Gasteiger partial charge in [0.05, 0.1) is 5.69 Å². The van der Waals surface area contributed by atoms with Crippen molar-refractivity contribution in [2.24, 2.45) is 0 Å². The fraction of sp³-hybridized carbons (Fsp3) is 0.407. The van der Waals surface area contributed by atoms with Crippen molar-refractivity contribution in [1.82, 2.24) is 14.7 Å². The summed E-state index contributed by atoms with van der Waals surface area (Å²) in [6, 6.07) is 15.6. The number of aromatic nitrogens is 2. The SMILES string of the molecule is O=C(c1nn(-c2ccc(F)cc2)c2c1CCC2)N1CCC(N2CCCc3ccccc32)CC1. The summed E-state index contributed by atoms with van der Waals surface area (Å²) in [5, 5.41) is 4.74. The molecule has 0 spiro atoms. The van der Waals surface area contributed by atoms with E-state index in [1.54, 1.807) is 12.1 Å². The van der Waals surface area contributed by atoms with E-state index in [9.17, 15) is 9.18 Å². The van der Waals surface area contributed by atoms with Crippen LogP contribution in [0.1, 0.15) is 53.0 Å². The first kappa shape index (κ1) is 20.5. The number of piperidine rings is 1. The van der Waals surface area contributed by atoms with Crippen LogP contribution in [0.15, 0.2) is 48.5 Å². The Morgan fingerprint density at radius 1 is 0.909 bits per heavy atom. The van der Waals surface area contributed by atoms with Gasteiger partial charge in [-0.05, 0) is 80.8 Å². The van der Waals surface area contributed by atoms with Crippen LogP contribution in [0.3, 0.4) is 0 Å². The molecule has 0 radical (unpaired) electrons. The number of hydrogen-bond donors (Lipinski definition) is 0. The molecular weight excluding hydrogens is 415 g/mol. The number of rotatable bonds is 3. The van der Waals surface area contributed by atoms with E-state index in [4.69, 9.17) is 5.10 Å². The lowest BCUT2D eigenvalue weighted by Crippen LogP contribution is -2.48. The molecule has 6 rings (SSSR count). The highest BCUT2D eigenvalue weighted by atomic mass is 19.1. The molecule has 3 heterocycles. The molecule has 0 unspecified atom stereocenters. The van der Waals surface area contributed by atoms with Crippen molar-refractivity contribution in [3.8, 4) is 5.69 Å². The van der Waals surface area contributed by atoms with Crippen molar-refractivity contribution in [3.05, 3.63) is 76.9 Å². The number of amides is 1. The Kier molecular flexibility index (Phi) is 5.16. The maximum absolute atomic E-state index is 13.5. The van der Waals surface area contributed by atoms with E-state index in [2.05, 4.69) is 29.2 Å². The van der Waals surface area contributed by atoms with Crippen LogP contribution in [0.5, 0.6) is 0 Å². The molecular formula is C27H29FN4O. The van der Waals surface area contributed by atoms with Crippen molar-refractivity contribution in [2.45, 2.75) is 51.0 Å². The maximum Gasteiger partial charge on any atom is 0.274 e. The summed E-state index contributed by atoms with van der Waals surface area (Å²) in [6.07, 6.45) is 7.16. The van der Waals surface area contributed by atoms with E-state index in [-0.39, 0.29) is 11.7 Å². The number of para-hydroxylation sites is 1. The molecule has 1 amide bonds. The van der Waals surface area contributed by atoms with Crippen molar-refractivity contribution in [2.75, 3.05) is 24.5 Å². The number of carbonyl (C=O) groups is 1. The average Bonchev–Trinajstić information content (AvgIpc) is 3.47. The predicted octanol–water partition coefficient (Wildman–Crippen LogP) is 4.56. The highest BCUT2D eigenvalue weighted by molar-refractivity contribution is 5.94. The average molecular weight is 445 g/mol. The zero-order valence-electron chi connectivity index (χ0n) is 18.8. The van der Waals surface area contributed by atoms with Crippen LogP contribution < -0.4 is 4.90 Å². The van der Waals surface area contributed by atoms with Gasteiger partial charge in [-0.1, -0.05) is 18.2 Å². The number of benzene rings is 2. The summed E-state index contributed by atoms with van der Waals surface area (Å²) in [5.41, 5.74) is 6.42. The number of halogens is 1. The Morgan fingerprint density at radius 3 is 2.52 bits per heavy atom. The summed E-state index contributed by atoms with van der Waals surface area (Å²) < 4.78 is 15.3. The molecule has 2 aromatic carbocycles. The van der Waals surface area contributed by atoms with Crippen molar-refractivity contribution < 1.29 is 9.18 Å². The second-order valence-electron chi connectivity index (χ2n) is 9.46. The number of carbonyl (C=O) groups excluding carboxylic acids is 1. The number of hydrogen-bond acceptors (Lipinski definition) is 3. The summed E-state index contributed by atoms with van der Waals surface area (Å²) in [6.45, 7) is 2.63. The molecule has 0 N–H and O–H groups in total. The largest absolute Gasteiger partial charge is 0.368 e. The van der Waals surface area contributed by atoms with E-state index in [0.29, 0.717) is 11.7 Å². The van der Waals surface area contributed by atoms with Crippen LogP contribution >= 0.6 is 0 Å². The normalized spacial score (nSPS) is 18.3. The lowest BCUT2D eigenvalue weighted by Gasteiger charge is -2.42. The van der Waals surface area contributed by atoms with E-state index in [1.165, 1.54) is 29.8 Å². The van der Waals surface area contributed by atoms with Crippen molar-refractivity contribution in [1.29, 1.82) is 0 Å². The quantitative estimate of drug-likeness (QED) is 0.595. The van der Waals surface area contributed by atoms with Crippen LogP contribution in [0.4, 0.5) is 10.1 Å². The van der Waals surface area contributed by atoms with Gasteiger partial charge in [-0.25, -0.2) is 9.07 Å². The summed E-state index contributed by atoms with van der Waals surface area (Å²) >= 11 is 0. The zero-order valence-corrected chi connectivity index (χ0v) is 18.8. The van der Waals surface area contributed by atoms with Gasteiger partial charge < -0.3 is 9.80 Å². The molecule has 33 heavy (non-hydrogen) atoms. The molecule has 1 aromatic heterocycles. The Balaban J connectivity index is 1.20. The monoisotopic (exact) mass is 444 g/mol. The van der Waals surface area contributed by atoms with Crippen LogP contribution in [0.25, 0.3) is 5.69 Å². The third-order valence-electron chi connectivity index (χ3n) is 7.54. The minimum Gasteiger partial charge on any atom is -0.368 e. The Labute approximate surface area is 193 Å².